The van der Waals surface area contributed by atoms with E-state index in [1.165, 1.54) is 17.7 Å². The van der Waals surface area contributed by atoms with E-state index in [2.05, 4.69) is 31.2 Å². The lowest BCUT2D eigenvalue weighted by molar-refractivity contribution is 0.143. The van der Waals surface area contributed by atoms with Crippen LogP contribution in [0.1, 0.15) is 42.9 Å². The summed E-state index contributed by atoms with van der Waals surface area (Å²) in [5.74, 6) is 0.870. The van der Waals surface area contributed by atoms with Crippen molar-refractivity contribution in [1.29, 1.82) is 0 Å². The lowest BCUT2D eigenvalue weighted by atomic mass is 9.89. The molecule has 0 saturated heterocycles. The molecule has 21 heavy (non-hydrogen) atoms. The van der Waals surface area contributed by atoms with E-state index in [-0.39, 0.29) is 18.0 Å². The van der Waals surface area contributed by atoms with Crippen molar-refractivity contribution in [3.63, 3.8) is 0 Å². The largest absolute Gasteiger partial charge is 0.490 e. The second-order valence-corrected chi connectivity index (χ2v) is 5.81. The Kier molecular flexibility index (Phi) is 3.93. The van der Waals surface area contributed by atoms with Crippen molar-refractivity contribution in [2.75, 3.05) is 0 Å². The highest BCUT2D eigenvalue weighted by Gasteiger charge is 2.27. The monoisotopic (exact) mass is 285 g/mol. The minimum atomic E-state index is -0.260. The van der Waals surface area contributed by atoms with Gasteiger partial charge < -0.3 is 10.5 Å². The van der Waals surface area contributed by atoms with Crippen molar-refractivity contribution in [2.24, 2.45) is 5.73 Å². The number of benzene rings is 2. The number of rotatable bonds is 3. The normalized spacial score (nSPS) is 22.2. The lowest BCUT2D eigenvalue weighted by Gasteiger charge is -2.32. The zero-order valence-corrected chi connectivity index (χ0v) is 12.1. The quantitative estimate of drug-likeness (QED) is 0.918. The molecular formula is C18H20FNO. The maximum Gasteiger partial charge on any atom is 0.124 e. The van der Waals surface area contributed by atoms with Crippen LogP contribution < -0.4 is 10.5 Å². The average molecular weight is 285 g/mol. The maximum atomic E-state index is 13.3. The molecule has 0 spiro atoms. The van der Waals surface area contributed by atoms with Crippen LogP contribution in [-0.4, -0.2) is 6.10 Å². The minimum absolute atomic E-state index is 0.0770. The van der Waals surface area contributed by atoms with Gasteiger partial charge in [0.25, 0.3) is 0 Å². The van der Waals surface area contributed by atoms with Crippen LogP contribution in [0.2, 0.25) is 0 Å². The molecule has 0 aromatic heterocycles. The van der Waals surface area contributed by atoms with Crippen LogP contribution in [0.5, 0.6) is 5.75 Å². The average Bonchev–Trinajstić information content (AvgIpc) is 2.49. The molecule has 3 atom stereocenters. The number of ether oxygens (including phenoxy) is 1. The van der Waals surface area contributed by atoms with Gasteiger partial charge in [0.15, 0.2) is 0 Å². The van der Waals surface area contributed by atoms with Crippen molar-refractivity contribution in [3.05, 3.63) is 65.5 Å². The maximum absolute atomic E-state index is 13.3. The summed E-state index contributed by atoms with van der Waals surface area (Å²) in [6, 6.07) is 14.8. The van der Waals surface area contributed by atoms with Crippen LogP contribution in [-0.2, 0) is 0 Å². The van der Waals surface area contributed by atoms with E-state index in [9.17, 15) is 4.39 Å². The van der Waals surface area contributed by atoms with Gasteiger partial charge in [-0.2, -0.15) is 0 Å². The molecule has 1 aliphatic rings. The summed E-state index contributed by atoms with van der Waals surface area (Å²) in [4.78, 5) is 0. The molecule has 0 bridgehead atoms. The highest BCUT2D eigenvalue weighted by molar-refractivity contribution is 5.38. The van der Waals surface area contributed by atoms with Crippen molar-refractivity contribution >= 4 is 0 Å². The number of hydrogen-bond donors (Lipinski definition) is 1. The molecule has 0 fully saturated rings. The zero-order chi connectivity index (χ0) is 14.8. The second-order valence-electron chi connectivity index (χ2n) is 5.81. The van der Waals surface area contributed by atoms with Gasteiger partial charge >= 0.3 is 0 Å². The second kappa shape index (κ2) is 5.86. The van der Waals surface area contributed by atoms with Gasteiger partial charge in [0.1, 0.15) is 17.7 Å². The van der Waals surface area contributed by atoms with Crippen molar-refractivity contribution in [2.45, 2.75) is 37.8 Å². The fraction of sp³-hybridized carbons (Fsp3) is 0.333. The Morgan fingerprint density at radius 3 is 2.76 bits per heavy atom. The summed E-state index contributed by atoms with van der Waals surface area (Å²) in [6.07, 6.45) is 1.72. The molecule has 2 N–H and O–H groups in total. The summed E-state index contributed by atoms with van der Waals surface area (Å²) in [6.45, 7) is 2.20. The highest BCUT2D eigenvalue weighted by Crippen LogP contribution is 2.36. The minimum Gasteiger partial charge on any atom is -0.490 e. The standard InChI is InChI=1S/C18H20FNO/c1-12(13-5-3-2-4-6-13)9-15-11-17(20)16-10-14(19)7-8-18(16)21-15/h2-8,10,12,15,17H,9,11,20H2,1H3/t12?,15?,17-/m0/s1. The van der Waals surface area contributed by atoms with Crippen molar-refractivity contribution in [1.82, 2.24) is 0 Å². The molecule has 0 saturated carbocycles. The SMILES string of the molecule is CC(CC1C[C@H](N)c2cc(F)ccc2O1)c1ccccc1. The molecule has 1 heterocycles. The molecular weight excluding hydrogens is 265 g/mol. The van der Waals surface area contributed by atoms with E-state index in [4.69, 9.17) is 10.5 Å². The third kappa shape index (κ3) is 3.08. The predicted octanol–water partition coefficient (Wildman–Crippen LogP) is 4.17. The van der Waals surface area contributed by atoms with Gasteiger partial charge in [-0.1, -0.05) is 37.3 Å². The van der Waals surface area contributed by atoms with Crippen LogP contribution in [0.15, 0.2) is 48.5 Å². The van der Waals surface area contributed by atoms with Crippen LogP contribution >= 0.6 is 0 Å². The molecule has 2 nitrogen and oxygen atoms in total. The van der Waals surface area contributed by atoms with Gasteiger partial charge in [0, 0.05) is 18.0 Å². The molecule has 0 radical (unpaired) electrons. The Bertz CT molecular complexity index is 614. The molecule has 0 aliphatic carbocycles. The molecule has 1 aliphatic heterocycles. The van der Waals surface area contributed by atoms with Gasteiger partial charge in [0.2, 0.25) is 0 Å². The third-order valence-corrected chi connectivity index (χ3v) is 4.17. The van der Waals surface area contributed by atoms with Gasteiger partial charge in [-0.05, 0) is 36.1 Å². The zero-order valence-electron chi connectivity index (χ0n) is 12.1. The first-order valence-electron chi connectivity index (χ1n) is 7.40. The molecule has 110 valence electrons. The Morgan fingerprint density at radius 1 is 1.24 bits per heavy atom. The summed E-state index contributed by atoms with van der Waals surface area (Å²) >= 11 is 0. The highest BCUT2D eigenvalue weighted by atomic mass is 19.1. The van der Waals surface area contributed by atoms with Crippen LogP contribution in [0.4, 0.5) is 4.39 Å². The summed E-state index contributed by atoms with van der Waals surface area (Å²) in [7, 11) is 0. The fourth-order valence-corrected chi connectivity index (χ4v) is 3.01. The summed E-state index contributed by atoms with van der Waals surface area (Å²) < 4.78 is 19.3. The molecule has 3 heteroatoms. The first-order valence-corrected chi connectivity index (χ1v) is 7.40. The topological polar surface area (TPSA) is 35.2 Å². The number of halogens is 1. The lowest BCUT2D eigenvalue weighted by Crippen LogP contribution is -2.30. The van der Waals surface area contributed by atoms with Gasteiger partial charge in [0.05, 0.1) is 0 Å². The first kappa shape index (κ1) is 14.1. The number of nitrogens with two attached hydrogens (primary N) is 1. The molecule has 2 aromatic rings. The van der Waals surface area contributed by atoms with Crippen LogP contribution in [0.25, 0.3) is 0 Å². The van der Waals surface area contributed by atoms with Crippen LogP contribution in [0.3, 0.4) is 0 Å². The Balaban J connectivity index is 1.73. The van der Waals surface area contributed by atoms with E-state index >= 15 is 0 Å². The first-order chi connectivity index (χ1) is 10.1. The number of fused-ring (bicyclic) bond motifs is 1. The fourth-order valence-electron chi connectivity index (χ4n) is 3.01. The van der Waals surface area contributed by atoms with Gasteiger partial charge in [-0.3, -0.25) is 0 Å². The molecule has 2 unspecified atom stereocenters. The smallest absolute Gasteiger partial charge is 0.124 e. The summed E-state index contributed by atoms with van der Waals surface area (Å²) in [5.41, 5.74) is 8.26. The van der Waals surface area contributed by atoms with Gasteiger partial charge in [-0.25, -0.2) is 4.39 Å². The molecule has 3 rings (SSSR count). The van der Waals surface area contributed by atoms with Crippen molar-refractivity contribution < 1.29 is 9.13 Å². The van der Waals surface area contributed by atoms with Crippen LogP contribution in [0, 0.1) is 5.82 Å². The molecule has 0 amide bonds. The Labute approximate surface area is 124 Å². The van der Waals surface area contributed by atoms with Gasteiger partial charge in [-0.15, -0.1) is 0 Å². The third-order valence-electron chi connectivity index (χ3n) is 4.17. The van der Waals surface area contributed by atoms with E-state index < -0.39 is 0 Å². The predicted molar refractivity (Wildman–Crippen MR) is 81.8 cm³/mol. The van der Waals surface area contributed by atoms with E-state index in [1.54, 1.807) is 6.07 Å². The number of hydrogen-bond acceptors (Lipinski definition) is 2. The summed E-state index contributed by atoms with van der Waals surface area (Å²) in [5, 5.41) is 0. The van der Waals surface area contributed by atoms with Crippen molar-refractivity contribution in [3.8, 4) is 5.75 Å². The Hall–Kier alpha value is -1.87. The van der Waals surface area contributed by atoms with E-state index in [0.717, 1.165) is 24.2 Å². The molecule has 2 aromatic carbocycles. The Morgan fingerprint density at radius 2 is 2.00 bits per heavy atom. The van der Waals surface area contributed by atoms with E-state index in [1.807, 2.05) is 6.07 Å². The van der Waals surface area contributed by atoms with E-state index in [0.29, 0.717) is 5.92 Å².